The number of nitrogens with one attached hydrogen (secondary N) is 2. The van der Waals surface area contributed by atoms with E-state index in [1.165, 1.54) is 36.0 Å². The lowest BCUT2D eigenvalue weighted by Crippen LogP contribution is -2.41. The zero-order chi connectivity index (χ0) is 19.8. The molecule has 0 unspecified atom stereocenters. The van der Waals surface area contributed by atoms with E-state index in [2.05, 4.69) is 36.9 Å². The first-order valence-electron chi connectivity index (χ1n) is 8.29. The van der Waals surface area contributed by atoms with Crippen molar-refractivity contribution in [2.45, 2.75) is 23.4 Å². The first-order valence-corrected chi connectivity index (χ1v) is 9.96. The van der Waals surface area contributed by atoms with Crippen LogP contribution in [0.15, 0.2) is 52.1 Å². The van der Waals surface area contributed by atoms with Gasteiger partial charge in [-0.1, -0.05) is 39.8 Å². The van der Waals surface area contributed by atoms with E-state index in [1.807, 2.05) is 0 Å². The van der Waals surface area contributed by atoms with Crippen molar-refractivity contribution >= 4 is 39.3 Å². The fourth-order valence-corrected chi connectivity index (χ4v) is 4.33. The lowest BCUT2D eigenvalue weighted by atomic mass is 10.0. The largest absolute Gasteiger partial charge is 0.323 e. The van der Waals surface area contributed by atoms with E-state index in [9.17, 15) is 13.6 Å². The lowest BCUT2D eigenvalue weighted by molar-refractivity contribution is -0.116. The third-order valence-corrected chi connectivity index (χ3v) is 5.98. The third kappa shape index (κ3) is 3.61. The molecule has 1 aliphatic heterocycles. The van der Waals surface area contributed by atoms with Crippen LogP contribution in [0, 0.1) is 18.6 Å². The highest BCUT2D eigenvalue weighted by Gasteiger charge is 2.37. The molecule has 1 amide bonds. The molecule has 0 saturated carbocycles. The van der Waals surface area contributed by atoms with Crippen molar-refractivity contribution in [3.8, 4) is 0 Å². The maximum atomic E-state index is 14.1. The summed E-state index contributed by atoms with van der Waals surface area (Å²) in [6.45, 7) is 1.78. The monoisotopic (exact) mass is 465 g/mol. The van der Waals surface area contributed by atoms with Gasteiger partial charge < -0.3 is 10.7 Å². The number of thioether (sulfide) groups is 1. The van der Waals surface area contributed by atoms with Gasteiger partial charge in [-0.2, -0.15) is 0 Å². The summed E-state index contributed by atoms with van der Waals surface area (Å²) >= 11 is 4.40. The van der Waals surface area contributed by atoms with Crippen LogP contribution in [-0.2, 0) is 4.79 Å². The van der Waals surface area contributed by atoms with E-state index in [0.29, 0.717) is 21.0 Å². The second-order valence-electron chi connectivity index (χ2n) is 6.18. The fraction of sp³-hybridized carbons (Fsp3) is 0.167. The number of benzene rings is 2. The molecule has 10 heteroatoms. The lowest BCUT2D eigenvalue weighted by Gasteiger charge is -2.32. The molecule has 2 atom stereocenters. The SMILES string of the molecule is Cc1nnc2n1N[C@H](c1ccc(F)cc1)[C@H](C(=O)Nc1ccc(Br)cc1F)S2. The van der Waals surface area contributed by atoms with Crippen molar-refractivity contribution in [3.63, 3.8) is 0 Å². The summed E-state index contributed by atoms with van der Waals surface area (Å²) in [5, 5.41) is 10.5. The highest BCUT2D eigenvalue weighted by atomic mass is 79.9. The number of hydrogen-bond acceptors (Lipinski definition) is 5. The van der Waals surface area contributed by atoms with E-state index < -0.39 is 23.0 Å². The predicted octanol–water partition coefficient (Wildman–Crippen LogP) is 4.03. The number of fused-ring (bicyclic) bond motifs is 1. The molecule has 3 aromatic rings. The van der Waals surface area contributed by atoms with E-state index in [4.69, 9.17) is 0 Å². The molecule has 0 bridgehead atoms. The van der Waals surface area contributed by atoms with E-state index in [0.717, 1.165) is 0 Å². The van der Waals surface area contributed by atoms with Crippen LogP contribution in [0.3, 0.4) is 0 Å². The molecule has 1 aliphatic rings. The van der Waals surface area contributed by atoms with Crippen LogP contribution in [-0.4, -0.2) is 26.0 Å². The van der Waals surface area contributed by atoms with Gasteiger partial charge in [0.1, 0.15) is 22.7 Å². The Hall–Kier alpha value is -2.46. The van der Waals surface area contributed by atoms with Gasteiger partial charge in [-0.3, -0.25) is 4.79 Å². The molecule has 0 saturated heterocycles. The van der Waals surface area contributed by atoms with Crippen molar-refractivity contribution < 1.29 is 13.6 Å². The summed E-state index contributed by atoms with van der Waals surface area (Å²) < 4.78 is 29.8. The molecule has 28 heavy (non-hydrogen) atoms. The Bertz CT molecular complexity index is 1040. The Morgan fingerprint density at radius 1 is 1.21 bits per heavy atom. The number of carbonyl (C=O) groups is 1. The molecule has 0 radical (unpaired) electrons. The zero-order valence-electron chi connectivity index (χ0n) is 14.5. The molecule has 2 aromatic carbocycles. The molecule has 4 rings (SSSR count). The third-order valence-electron chi connectivity index (χ3n) is 4.28. The number of anilines is 1. The highest BCUT2D eigenvalue weighted by molar-refractivity contribution is 9.10. The molecule has 0 fully saturated rings. The molecule has 0 aliphatic carbocycles. The second-order valence-corrected chi connectivity index (χ2v) is 8.20. The normalized spacial score (nSPS) is 18.3. The van der Waals surface area contributed by atoms with Crippen molar-refractivity contribution in [1.29, 1.82) is 0 Å². The number of hydrogen-bond donors (Lipinski definition) is 2. The number of aromatic nitrogens is 3. The van der Waals surface area contributed by atoms with Crippen LogP contribution >= 0.6 is 27.7 Å². The number of halogens is 3. The predicted molar refractivity (Wildman–Crippen MR) is 106 cm³/mol. The van der Waals surface area contributed by atoms with Gasteiger partial charge in [-0.25, -0.2) is 13.5 Å². The average Bonchev–Trinajstić information content (AvgIpc) is 3.04. The molecule has 144 valence electrons. The van der Waals surface area contributed by atoms with Crippen LogP contribution in [0.2, 0.25) is 0 Å². The van der Waals surface area contributed by atoms with Gasteiger partial charge in [0.2, 0.25) is 11.1 Å². The number of rotatable bonds is 3. The molecule has 0 spiro atoms. The van der Waals surface area contributed by atoms with Gasteiger partial charge in [0.15, 0.2) is 0 Å². The summed E-state index contributed by atoms with van der Waals surface area (Å²) in [7, 11) is 0. The Balaban J connectivity index is 1.67. The first kappa shape index (κ1) is 18.9. The number of nitrogens with zero attached hydrogens (tertiary/aromatic N) is 3. The van der Waals surface area contributed by atoms with Crippen LogP contribution < -0.4 is 10.7 Å². The van der Waals surface area contributed by atoms with Crippen molar-refractivity contribution in [3.05, 3.63) is 70.0 Å². The van der Waals surface area contributed by atoms with E-state index in [1.54, 1.807) is 29.8 Å². The van der Waals surface area contributed by atoms with E-state index in [-0.39, 0.29) is 11.5 Å². The average molecular weight is 466 g/mol. The fourth-order valence-electron chi connectivity index (χ4n) is 2.88. The Morgan fingerprint density at radius 3 is 2.68 bits per heavy atom. The Morgan fingerprint density at radius 2 is 1.96 bits per heavy atom. The van der Waals surface area contributed by atoms with Gasteiger partial charge in [0.25, 0.3) is 0 Å². The van der Waals surface area contributed by atoms with Gasteiger partial charge in [-0.05, 0) is 42.8 Å². The zero-order valence-corrected chi connectivity index (χ0v) is 16.9. The minimum atomic E-state index is -0.676. The molecular weight excluding hydrogens is 452 g/mol. The standard InChI is InChI=1S/C18H14BrF2N5OS/c1-9-23-24-18-26(9)25-15(10-2-5-12(20)6-3-10)16(28-18)17(27)22-14-7-4-11(19)8-13(14)21/h2-8,15-16,25H,1H3,(H,22,27)/t15-,16-/m1/s1. The van der Waals surface area contributed by atoms with Crippen molar-refractivity contribution in [2.75, 3.05) is 10.7 Å². The minimum absolute atomic E-state index is 0.0786. The highest BCUT2D eigenvalue weighted by Crippen LogP contribution is 2.37. The summed E-state index contributed by atoms with van der Waals surface area (Å²) in [5.41, 5.74) is 4.00. The van der Waals surface area contributed by atoms with Gasteiger partial charge >= 0.3 is 0 Å². The van der Waals surface area contributed by atoms with Gasteiger partial charge in [-0.15, -0.1) is 10.2 Å². The molecule has 6 nitrogen and oxygen atoms in total. The topological polar surface area (TPSA) is 71.8 Å². The molecule has 1 aromatic heterocycles. The second kappa shape index (κ2) is 7.51. The number of carbonyl (C=O) groups excluding carboxylic acids is 1. The number of amides is 1. The van der Waals surface area contributed by atoms with Crippen molar-refractivity contribution in [1.82, 2.24) is 14.9 Å². The summed E-state index contributed by atoms with van der Waals surface area (Å²) in [4.78, 5) is 13.0. The van der Waals surface area contributed by atoms with Gasteiger partial charge in [0, 0.05) is 4.47 Å². The Labute approximate surface area is 171 Å². The first-order chi connectivity index (χ1) is 13.4. The van der Waals surface area contributed by atoms with Crippen LogP contribution in [0.4, 0.5) is 14.5 Å². The maximum Gasteiger partial charge on any atom is 0.240 e. The number of aryl methyl sites for hydroxylation is 1. The minimum Gasteiger partial charge on any atom is -0.323 e. The summed E-state index contributed by atoms with van der Waals surface area (Å²) in [5.74, 6) is -0.687. The molecule has 2 N–H and O–H groups in total. The van der Waals surface area contributed by atoms with Crippen LogP contribution in [0.1, 0.15) is 17.4 Å². The van der Waals surface area contributed by atoms with Crippen LogP contribution in [0.5, 0.6) is 0 Å². The molecular formula is C18H14BrF2N5OS. The van der Waals surface area contributed by atoms with Crippen LogP contribution in [0.25, 0.3) is 0 Å². The molecule has 2 heterocycles. The van der Waals surface area contributed by atoms with Gasteiger partial charge in [0.05, 0.1) is 11.7 Å². The quantitative estimate of drug-likeness (QED) is 0.610. The maximum absolute atomic E-state index is 14.1. The van der Waals surface area contributed by atoms with Crippen molar-refractivity contribution in [2.24, 2.45) is 0 Å². The summed E-state index contributed by atoms with van der Waals surface area (Å²) in [6.07, 6.45) is 0. The summed E-state index contributed by atoms with van der Waals surface area (Å²) in [6, 6.07) is 9.79. The smallest absolute Gasteiger partial charge is 0.240 e. The van der Waals surface area contributed by atoms with E-state index >= 15 is 0 Å². The Kier molecular flexibility index (Phi) is 5.07.